The summed E-state index contributed by atoms with van der Waals surface area (Å²) in [5, 5.41) is 23.8. The Kier molecular flexibility index (Phi) is 7.41. The van der Waals surface area contributed by atoms with Gasteiger partial charge in [0.2, 0.25) is 37.1 Å². The Balaban J connectivity index is 1.09. The number of benzene rings is 3. The van der Waals surface area contributed by atoms with Crippen molar-refractivity contribution in [3.63, 3.8) is 0 Å². The normalized spacial score (nSPS) is 29.0. The minimum absolute atomic E-state index is 0.0130. The van der Waals surface area contributed by atoms with E-state index in [1.165, 1.54) is 28.4 Å². The molecule has 256 valence electrons. The van der Waals surface area contributed by atoms with Crippen molar-refractivity contribution in [3.8, 4) is 57.5 Å². The number of rotatable bonds is 9. The highest BCUT2D eigenvalue weighted by Gasteiger charge is 2.61. The lowest BCUT2D eigenvalue weighted by Gasteiger charge is -2.40. The summed E-state index contributed by atoms with van der Waals surface area (Å²) in [4.78, 5) is 0. The van der Waals surface area contributed by atoms with Gasteiger partial charge in [-0.05, 0) is 18.2 Å². The zero-order valence-electron chi connectivity index (χ0n) is 26.5. The maximum Gasteiger partial charge on any atom is 0.273 e. The van der Waals surface area contributed by atoms with Gasteiger partial charge in [0.1, 0.15) is 12.4 Å². The molecule has 2 fully saturated rings. The number of hydrogen-bond acceptors (Lipinski definition) is 15. The Hall–Kier alpha value is -4.54. The van der Waals surface area contributed by atoms with Crippen molar-refractivity contribution in [2.24, 2.45) is 5.92 Å². The van der Waals surface area contributed by atoms with Gasteiger partial charge < -0.3 is 71.8 Å². The lowest BCUT2D eigenvalue weighted by molar-refractivity contribution is -0.239. The van der Waals surface area contributed by atoms with Crippen LogP contribution in [0.4, 0.5) is 0 Å². The van der Waals surface area contributed by atoms with Crippen molar-refractivity contribution >= 4 is 0 Å². The van der Waals surface area contributed by atoms with E-state index < -0.39 is 35.8 Å². The highest BCUT2D eigenvalue weighted by atomic mass is 16.7. The number of ether oxygens (including phenoxy) is 13. The van der Waals surface area contributed by atoms with Crippen LogP contribution in [-0.2, 0) is 14.2 Å². The predicted octanol–water partition coefficient (Wildman–Crippen LogP) is 2.87. The third kappa shape index (κ3) is 4.68. The van der Waals surface area contributed by atoms with Gasteiger partial charge in [0.25, 0.3) is 5.79 Å². The van der Waals surface area contributed by atoms with Gasteiger partial charge in [0, 0.05) is 30.4 Å². The van der Waals surface area contributed by atoms with Crippen LogP contribution < -0.4 is 47.4 Å². The van der Waals surface area contributed by atoms with E-state index in [0.29, 0.717) is 51.4 Å². The van der Waals surface area contributed by atoms with Crippen LogP contribution in [0.1, 0.15) is 23.3 Å². The minimum atomic E-state index is -1.92. The summed E-state index contributed by atoms with van der Waals surface area (Å²) >= 11 is 0. The third-order valence-electron chi connectivity index (χ3n) is 9.12. The van der Waals surface area contributed by atoms with Gasteiger partial charge in [-0.2, -0.15) is 0 Å². The molecule has 6 atom stereocenters. The summed E-state index contributed by atoms with van der Waals surface area (Å²) in [7, 11) is 5.91. The van der Waals surface area contributed by atoms with Crippen molar-refractivity contribution < 1.29 is 71.8 Å². The molecule has 5 aliphatic rings. The molecule has 0 radical (unpaired) electrons. The smallest absolute Gasteiger partial charge is 0.273 e. The molecule has 0 aromatic heterocycles. The molecule has 2 N–H and O–H groups in total. The van der Waals surface area contributed by atoms with Crippen molar-refractivity contribution in [2.75, 3.05) is 61.8 Å². The maximum absolute atomic E-state index is 12.0. The van der Waals surface area contributed by atoms with Crippen molar-refractivity contribution in [1.82, 2.24) is 0 Å². The second-order valence-electron chi connectivity index (χ2n) is 11.8. The lowest BCUT2D eigenvalue weighted by atomic mass is 9.85. The van der Waals surface area contributed by atoms with Crippen molar-refractivity contribution in [3.05, 3.63) is 47.5 Å². The maximum atomic E-state index is 12.0. The summed E-state index contributed by atoms with van der Waals surface area (Å²) in [5.41, 5.74) is -0.456. The Bertz CT molecular complexity index is 1730. The molecule has 0 amide bonds. The van der Waals surface area contributed by atoms with Gasteiger partial charge in [-0.25, -0.2) is 0 Å². The Morgan fingerprint density at radius 3 is 2.33 bits per heavy atom. The van der Waals surface area contributed by atoms with E-state index in [0.717, 1.165) is 0 Å². The molecular formula is C33H34O15. The predicted molar refractivity (Wildman–Crippen MR) is 160 cm³/mol. The highest BCUT2D eigenvalue weighted by molar-refractivity contribution is 5.66. The van der Waals surface area contributed by atoms with Gasteiger partial charge in [-0.3, -0.25) is 0 Å². The zero-order chi connectivity index (χ0) is 33.2. The topological polar surface area (TPSA) is 160 Å². The van der Waals surface area contributed by atoms with E-state index >= 15 is 0 Å². The van der Waals surface area contributed by atoms with Gasteiger partial charge in [-0.1, -0.05) is 6.07 Å². The molecule has 48 heavy (non-hydrogen) atoms. The third-order valence-corrected chi connectivity index (χ3v) is 9.12. The van der Waals surface area contributed by atoms with E-state index in [9.17, 15) is 10.2 Å². The number of hydrogen-bond donors (Lipinski definition) is 2. The molecule has 5 heterocycles. The molecule has 15 heteroatoms. The van der Waals surface area contributed by atoms with E-state index in [-0.39, 0.29) is 50.7 Å². The van der Waals surface area contributed by atoms with Gasteiger partial charge >= 0.3 is 0 Å². The fraction of sp³-hybridized carbons (Fsp3) is 0.455. The van der Waals surface area contributed by atoms with Gasteiger partial charge in [-0.15, -0.1) is 0 Å². The summed E-state index contributed by atoms with van der Waals surface area (Å²) in [6.07, 6.45) is -2.86. The average molecular weight is 671 g/mol. The molecule has 5 aliphatic heterocycles. The summed E-state index contributed by atoms with van der Waals surface area (Å²) in [6.45, 7) is -0.143. The van der Waals surface area contributed by atoms with Crippen LogP contribution in [0.2, 0.25) is 0 Å². The quantitative estimate of drug-likeness (QED) is 0.342. The fourth-order valence-corrected chi connectivity index (χ4v) is 6.80. The zero-order valence-corrected chi connectivity index (χ0v) is 26.5. The molecule has 0 aliphatic carbocycles. The molecule has 3 aromatic carbocycles. The van der Waals surface area contributed by atoms with Crippen molar-refractivity contribution in [2.45, 2.75) is 29.9 Å². The molecule has 15 nitrogen and oxygen atoms in total. The number of fused-ring (bicyclic) bond motifs is 4. The Labute approximate surface area is 274 Å². The monoisotopic (exact) mass is 670 g/mol. The van der Waals surface area contributed by atoms with Crippen LogP contribution in [-0.4, -0.2) is 89.7 Å². The van der Waals surface area contributed by atoms with Crippen LogP contribution >= 0.6 is 0 Å². The highest BCUT2D eigenvalue weighted by Crippen LogP contribution is 2.57. The van der Waals surface area contributed by atoms with Crippen LogP contribution in [0.15, 0.2) is 36.4 Å². The van der Waals surface area contributed by atoms with Crippen LogP contribution in [0.25, 0.3) is 0 Å². The first-order valence-corrected chi connectivity index (χ1v) is 15.2. The molecule has 6 unspecified atom stereocenters. The summed E-state index contributed by atoms with van der Waals surface area (Å²) in [6, 6.07) is 10.2. The van der Waals surface area contributed by atoms with Gasteiger partial charge in [0.05, 0.1) is 46.6 Å². The second kappa shape index (κ2) is 11.6. The first-order chi connectivity index (χ1) is 23.3. The lowest BCUT2D eigenvalue weighted by Crippen LogP contribution is -2.51. The SMILES string of the molecule is COCC1(O)Oc2cc(C3OCC4(O)C(Oc5c(OC)cc6c(c5OC)OCO6)OCC34)c(OC)cc2OC1c1ccc2c(c1)OCO2. The van der Waals surface area contributed by atoms with E-state index in [4.69, 9.17) is 61.6 Å². The minimum Gasteiger partial charge on any atom is -0.496 e. The van der Waals surface area contributed by atoms with E-state index in [1.807, 2.05) is 0 Å². The standard InChI is InChI=1S/C33H34O15/c1-36-13-33(35)30(16-5-6-19-21(7-16)43-14-42-19)46-22-9-20(37-2)17(8-23(22)48-33)26-18-11-40-31(32(18,34)12-41-26)47-28-24(38-3)10-25-27(29(28)39-4)45-15-44-25/h5-10,18,26,30-31,34-35H,11-15H2,1-4H3. The summed E-state index contributed by atoms with van der Waals surface area (Å²) < 4.78 is 75.4. The fourth-order valence-electron chi connectivity index (χ4n) is 6.80. The number of aliphatic hydroxyl groups is 2. The van der Waals surface area contributed by atoms with Crippen molar-refractivity contribution in [1.29, 1.82) is 0 Å². The molecular weight excluding hydrogens is 636 g/mol. The van der Waals surface area contributed by atoms with E-state index in [2.05, 4.69) is 0 Å². The molecule has 3 aromatic rings. The largest absolute Gasteiger partial charge is 0.496 e. The first kappa shape index (κ1) is 30.8. The Morgan fingerprint density at radius 1 is 0.771 bits per heavy atom. The van der Waals surface area contributed by atoms with Crippen LogP contribution in [0.3, 0.4) is 0 Å². The molecule has 0 spiro atoms. The number of methoxy groups -OCH3 is 4. The average Bonchev–Trinajstić information content (AvgIpc) is 3.88. The van der Waals surface area contributed by atoms with Crippen LogP contribution in [0, 0.1) is 5.92 Å². The summed E-state index contributed by atoms with van der Waals surface area (Å²) in [5.74, 6) is 1.07. The Morgan fingerprint density at radius 2 is 1.54 bits per heavy atom. The van der Waals surface area contributed by atoms with E-state index in [1.54, 1.807) is 36.4 Å². The van der Waals surface area contributed by atoms with Crippen LogP contribution in [0.5, 0.6) is 57.5 Å². The molecule has 0 bridgehead atoms. The molecule has 2 saturated heterocycles. The van der Waals surface area contributed by atoms with Gasteiger partial charge in [0.15, 0.2) is 46.2 Å². The second-order valence-corrected chi connectivity index (χ2v) is 11.8. The first-order valence-electron chi connectivity index (χ1n) is 15.2. The molecule has 0 saturated carbocycles. The molecule has 8 rings (SSSR count).